The molecule has 0 atom stereocenters. The average Bonchev–Trinajstić information content (AvgIpc) is 3.32. The molecule has 1 saturated heterocycles. The first-order valence-corrected chi connectivity index (χ1v) is 10.3. The van der Waals surface area contributed by atoms with Crippen molar-refractivity contribution in [1.82, 2.24) is 0 Å². The molecule has 4 rings (SSSR count). The largest absolute Gasteiger partial charge is 0.573 e. The van der Waals surface area contributed by atoms with Crippen LogP contribution in [0.4, 0.5) is 18.9 Å². The van der Waals surface area contributed by atoms with Gasteiger partial charge in [0.2, 0.25) is 0 Å². The number of thiocarbonyl (C=S) groups is 1. The van der Waals surface area contributed by atoms with Gasteiger partial charge in [-0.1, -0.05) is 36.1 Å². The van der Waals surface area contributed by atoms with Gasteiger partial charge in [-0.2, -0.15) is 0 Å². The molecule has 10 heteroatoms. The molecule has 1 aliphatic heterocycles. The van der Waals surface area contributed by atoms with Gasteiger partial charge in [0, 0.05) is 11.6 Å². The second-order valence-electron chi connectivity index (χ2n) is 6.46. The quantitative estimate of drug-likeness (QED) is 0.319. The molecule has 1 aliphatic rings. The first-order chi connectivity index (χ1) is 15.2. The third-order valence-corrected chi connectivity index (χ3v) is 5.69. The van der Waals surface area contributed by atoms with Crippen LogP contribution in [0.3, 0.4) is 0 Å². The number of ether oxygens (including phenoxy) is 2. The summed E-state index contributed by atoms with van der Waals surface area (Å²) in [6, 6.07) is 15.7. The maximum Gasteiger partial charge on any atom is 0.573 e. The number of hydrogen-bond acceptors (Lipinski definition) is 6. The fourth-order valence-corrected chi connectivity index (χ4v) is 4.29. The second-order valence-corrected chi connectivity index (χ2v) is 8.14. The number of benzene rings is 2. The number of carbonyl (C=O) groups is 1. The number of alkyl halides is 3. The fourth-order valence-electron chi connectivity index (χ4n) is 3.03. The Bertz CT molecular complexity index is 1200. The molecule has 1 aromatic heterocycles. The van der Waals surface area contributed by atoms with Crippen LogP contribution in [0.5, 0.6) is 11.5 Å². The summed E-state index contributed by atoms with van der Waals surface area (Å²) in [5, 5.41) is 0. The Morgan fingerprint density at radius 1 is 1.06 bits per heavy atom. The van der Waals surface area contributed by atoms with Crippen molar-refractivity contribution in [2.24, 2.45) is 0 Å². The van der Waals surface area contributed by atoms with Crippen molar-refractivity contribution in [2.45, 2.75) is 6.36 Å². The van der Waals surface area contributed by atoms with Crippen molar-refractivity contribution < 1.29 is 31.9 Å². The average molecular weight is 477 g/mol. The third kappa shape index (κ3) is 4.66. The summed E-state index contributed by atoms with van der Waals surface area (Å²) in [6.45, 7) is 0. The van der Waals surface area contributed by atoms with Gasteiger partial charge in [-0.3, -0.25) is 9.69 Å². The van der Waals surface area contributed by atoms with Gasteiger partial charge in [0.25, 0.3) is 5.91 Å². The highest BCUT2D eigenvalue weighted by atomic mass is 32.2. The van der Waals surface area contributed by atoms with Gasteiger partial charge in [0.1, 0.15) is 23.0 Å². The normalized spacial score (nSPS) is 15.5. The summed E-state index contributed by atoms with van der Waals surface area (Å²) in [5.41, 5.74) is 1.10. The van der Waals surface area contributed by atoms with E-state index >= 15 is 0 Å². The van der Waals surface area contributed by atoms with Gasteiger partial charge in [-0.15, -0.1) is 13.2 Å². The minimum Gasteiger partial charge on any atom is -0.495 e. The number of carbonyl (C=O) groups excluding carboxylic acids is 1. The van der Waals surface area contributed by atoms with Crippen molar-refractivity contribution in [3.63, 3.8) is 0 Å². The molecule has 164 valence electrons. The van der Waals surface area contributed by atoms with Crippen molar-refractivity contribution in [2.75, 3.05) is 12.0 Å². The number of furan rings is 1. The molecule has 0 aliphatic carbocycles. The number of thioether (sulfide) groups is 1. The molecule has 1 fully saturated rings. The van der Waals surface area contributed by atoms with E-state index in [1.165, 1.54) is 36.3 Å². The van der Waals surface area contributed by atoms with E-state index in [0.717, 1.165) is 11.8 Å². The van der Waals surface area contributed by atoms with Crippen molar-refractivity contribution >= 4 is 46.0 Å². The summed E-state index contributed by atoms with van der Waals surface area (Å²) in [4.78, 5) is 14.7. The summed E-state index contributed by atoms with van der Waals surface area (Å²) < 4.78 is 52.2. The molecule has 0 saturated carbocycles. The fraction of sp³-hybridized carbons (Fsp3) is 0.0909. The second kappa shape index (κ2) is 8.71. The number of rotatable bonds is 5. The molecule has 32 heavy (non-hydrogen) atoms. The van der Waals surface area contributed by atoms with E-state index in [-0.39, 0.29) is 11.7 Å². The molecule has 0 unspecified atom stereocenters. The molecule has 0 N–H and O–H groups in total. The van der Waals surface area contributed by atoms with Gasteiger partial charge >= 0.3 is 6.36 Å². The number of halogens is 3. The highest BCUT2D eigenvalue weighted by molar-refractivity contribution is 8.27. The topological polar surface area (TPSA) is 51.9 Å². The smallest absolute Gasteiger partial charge is 0.495 e. The van der Waals surface area contributed by atoms with Crippen LogP contribution in [-0.4, -0.2) is 23.7 Å². The minimum atomic E-state index is -4.75. The van der Waals surface area contributed by atoms with Crippen LogP contribution < -0.4 is 14.4 Å². The van der Waals surface area contributed by atoms with Gasteiger partial charge in [0.15, 0.2) is 4.32 Å². The summed E-state index contributed by atoms with van der Waals surface area (Å²) in [7, 11) is 1.51. The van der Waals surface area contributed by atoms with Crippen molar-refractivity contribution in [1.29, 1.82) is 0 Å². The van der Waals surface area contributed by atoms with Crippen LogP contribution in [-0.2, 0) is 4.79 Å². The monoisotopic (exact) mass is 477 g/mol. The molecule has 3 aromatic rings. The lowest BCUT2D eigenvalue weighted by Crippen LogP contribution is -2.27. The summed E-state index contributed by atoms with van der Waals surface area (Å²) in [5.74, 6) is 0.707. The van der Waals surface area contributed by atoms with E-state index in [1.54, 1.807) is 42.5 Å². The highest BCUT2D eigenvalue weighted by Crippen LogP contribution is 2.40. The lowest BCUT2D eigenvalue weighted by molar-refractivity contribution is -0.274. The van der Waals surface area contributed by atoms with E-state index in [9.17, 15) is 18.0 Å². The predicted octanol–water partition coefficient (Wildman–Crippen LogP) is 6.26. The molecule has 0 bridgehead atoms. The zero-order valence-electron chi connectivity index (χ0n) is 16.4. The molecular formula is C22H14F3NO4S2. The van der Waals surface area contributed by atoms with E-state index in [0.29, 0.717) is 37.7 Å². The van der Waals surface area contributed by atoms with E-state index in [2.05, 4.69) is 4.74 Å². The van der Waals surface area contributed by atoms with Crippen LogP contribution in [0, 0.1) is 0 Å². The SMILES string of the molecule is COc1ccccc1N1C(=O)C(=Cc2ccc(-c3ccc(OC(F)(F)F)cc3)o2)SC1=S. The van der Waals surface area contributed by atoms with Crippen LogP contribution in [0.2, 0.25) is 0 Å². The van der Waals surface area contributed by atoms with Gasteiger partial charge in [-0.25, -0.2) is 0 Å². The van der Waals surface area contributed by atoms with Gasteiger partial charge in [-0.05, 0) is 48.5 Å². The Kier molecular flexibility index (Phi) is 5.98. The van der Waals surface area contributed by atoms with Crippen molar-refractivity contribution in [3.05, 3.63) is 71.3 Å². The number of anilines is 1. The number of para-hydroxylation sites is 2. The molecule has 0 radical (unpaired) electrons. The zero-order chi connectivity index (χ0) is 22.9. The van der Waals surface area contributed by atoms with Crippen LogP contribution in [0.25, 0.3) is 17.4 Å². The Morgan fingerprint density at radius 2 is 1.78 bits per heavy atom. The third-order valence-electron chi connectivity index (χ3n) is 4.39. The van der Waals surface area contributed by atoms with Crippen LogP contribution >= 0.6 is 24.0 Å². The lowest BCUT2D eigenvalue weighted by atomic mass is 10.2. The molecule has 1 amide bonds. The van der Waals surface area contributed by atoms with Crippen molar-refractivity contribution in [3.8, 4) is 22.8 Å². The van der Waals surface area contributed by atoms with E-state index < -0.39 is 6.36 Å². The molecule has 2 heterocycles. The predicted molar refractivity (Wildman–Crippen MR) is 119 cm³/mol. The number of methoxy groups -OCH3 is 1. The van der Waals surface area contributed by atoms with Crippen LogP contribution in [0.1, 0.15) is 5.76 Å². The molecule has 0 spiro atoms. The Hall–Kier alpha value is -3.24. The van der Waals surface area contributed by atoms with E-state index in [1.807, 2.05) is 0 Å². The van der Waals surface area contributed by atoms with E-state index in [4.69, 9.17) is 21.4 Å². The number of nitrogens with zero attached hydrogens (tertiary/aromatic N) is 1. The Morgan fingerprint density at radius 3 is 2.47 bits per heavy atom. The first kappa shape index (κ1) is 22.0. The first-order valence-electron chi connectivity index (χ1n) is 9.12. The maximum atomic E-state index is 13.0. The number of amides is 1. The lowest BCUT2D eigenvalue weighted by Gasteiger charge is -2.17. The standard InChI is InChI=1S/C22H14F3NO4S2/c1-28-18-5-3-2-4-16(18)26-20(27)19(32-21(26)31)12-15-10-11-17(29-15)13-6-8-14(9-7-13)30-22(23,24)25/h2-12H,1H3. The Balaban J connectivity index is 1.54. The van der Waals surface area contributed by atoms with Gasteiger partial charge < -0.3 is 13.9 Å². The molecule has 2 aromatic carbocycles. The molecule has 5 nitrogen and oxygen atoms in total. The zero-order valence-corrected chi connectivity index (χ0v) is 18.0. The highest BCUT2D eigenvalue weighted by Gasteiger charge is 2.35. The number of hydrogen-bond donors (Lipinski definition) is 0. The minimum absolute atomic E-state index is 0.309. The van der Waals surface area contributed by atoms with Crippen LogP contribution in [0.15, 0.2) is 70.0 Å². The molecular weight excluding hydrogens is 463 g/mol. The van der Waals surface area contributed by atoms with Gasteiger partial charge in [0.05, 0.1) is 17.7 Å². The summed E-state index contributed by atoms with van der Waals surface area (Å²) in [6.07, 6.45) is -3.19. The maximum absolute atomic E-state index is 13.0. The Labute approximate surface area is 190 Å². The summed E-state index contributed by atoms with van der Waals surface area (Å²) >= 11 is 6.51.